The molecule has 1 saturated heterocycles. The van der Waals surface area contributed by atoms with Crippen molar-refractivity contribution in [2.24, 2.45) is 0 Å². The minimum Gasteiger partial charge on any atom is -0.328 e. The van der Waals surface area contributed by atoms with Crippen LogP contribution < -0.4 is 5.32 Å². The quantitative estimate of drug-likeness (QED) is 0.878. The van der Waals surface area contributed by atoms with Crippen molar-refractivity contribution < 1.29 is 0 Å². The highest BCUT2D eigenvalue weighted by atomic mass is 15.1. The molecule has 2 aromatic rings. The highest BCUT2D eigenvalue weighted by molar-refractivity contribution is 5.76. The maximum absolute atomic E-state index is 4.54. The van der Waals surface area contributed by atoms with Gasteiger partial charge in [-0.1, -0.05) is 6.07 Å². The van der Waals surface area contributed by atoms with E-state index in [-0.39, 0.29) is 0 Å². The number of benzene rings is 1. The molecule has 2 heterocycles. The number of imidazole rings is 1. The molecule has 1 aromatic carbocycles. The normalized spacial score (nSPS) is 20.7. The van der Waals surface area contributed by atoms with Crippen LogP contribution in [0.3, 0.4) is 0 Å². The first-order chi connectivity index (χ1) is 8.75. The van der Waals surface area contributed by atoms with E-state index in [2.05, 4.69) is 46.9 Å². The van der Waals surface area contributed by atoms with Crippen LogP contribution in [0.1, 0.15) is 44.2 Å². The van der Waals surface area contributed by atoms with Crippen LogP contribution in [0.5, 0.6) is 0 Å². The fourth-order valence-electron chi connectivity index (χ4n) is 2.85. The van der Waals surface area contributed by atoms with Crippen molar-refractivity contribution >= 4 is 11.0 Å². The van der Waals surface area contributed by atoms with E-state index < -0.39 is 0 Å². The van der Waals surface area contributed by atoms with Crippen LogP contribution in [0, 0.1) is 0 Å². The number of rotatable bonds is 2. The van der Waals surface area contributed by atoms with Crippen molar-refractivity contribution in [3.63, 3.8) is 0 Å². The average Bonchev–Trinajstić information content (AvgIpc) is 2.82. The molecule has 0 bridgehead atoms. The van der Waals surface area contributed by atoms with Crippen molar-refractivity contribution in [2.45, 2.75) is 38.6 Å². The summed E-state index contributed by atoms with van der Waals surface area (Å²) < 4.78 is 2.23. The van der Waals surface area contributed by atoms with Gasteiger partial charge in [-0.3, -0.25) is 0 Å². The van der Waals surface area contributed by atoms with Gasteiger partial charge < -0.3 is 9.88 Å². The molecule has 0 aliphatic carbocycles. The van der Waals surface area contributed by atoms with Crippen LogP contribution in [0.2, 0.25) is 0 Å². The van der Waals surface area contributed by atoms with Crippen LogP contribution in [0.15, 0.2) is 24.5 Å². The predicted molar refractivity (Wildman–Crippen MR) is 75.0 cm³/mol. The van der Waals surface area contributed by atoms with Crippen LogP contribution in [-0.2, 0) is 0 Å². The number of nitrogens with one attached hydrogen (secondary N) is 1. The fourth-order valence-corrected chi connectivity index (χ4v) is 2.85. The van der Waals surface area contributed by atoms with Gasteiger partial charge in [0.15, 0.2) is 0 Å². The van der Waals surface area contributed by atoms with E-state index >= 15 is 0 Å². The van der Waals surface area contributed by atoms with Gasteiger partial charge in [0, 0.05) is 12.6 Å². The van der Waals surface area contributed by atoms with Crippen LogP contribution in [0.25, 0.3) is 11.0 Å². The molecule has 1 aliphatic rings. The summed E-state index contributed by atoms with van der Waals surface area (Å²) in [5.41, 5.74) is 3.81. The summed E-state index contributed by atoms with van der Waals surface area (Å²) in [6.45, 7) is 6.66. The molecule has 3 nitrogen and oxygen atoms in total. The maximum Gasteiger partial charge on any atom is 0.0960 e. The number of aromatic nitrogens is 2. The fraction of sp³-hybridized carbons (Fsp3) is 0.533. The lowest BCUT2D eigenvalue weighted by atomic mass is 9.91. The highest BCUT2D eigenvalue weighted by Crippen LogP contribution is 2.26. The maximum atomic E-state index is 4.54. The minimum absolute atomic E-state index is 0.470. The lowest BCUT2D eigenvalue weighted by molar-refractivity contribution is 0.462. The lowest BCUT2D eigenvalue weighted by Gasteiger charge is -2.23. The third-order valence-electron chi connectivity index (χ3n) is 3.92. The third kappa shape index (κ3) is 2.03. The molecule has 0 radical (unpaired) electrons. The second-order valence-electron chi connectivity index (χ2n) is 5.54. The summed E-state index contributed by atoms with van der Waals surface area (Å²) in [7, 11) is 0. The number of nitrogens with zero attached hydrogens (tertiary/aromatic N) is 2. The van der Waals surface area contributed by atoms with Crippen molar-refractivity contribution in [2.75, 3.05) is 13.1 Å². The molecule has 18 heavy (non-hydrogen) atoms. The zero-order chi connectivity index (χ0) is 12.5. The Morgan fingerprint density at radius 1 is 1.39 bits per heavy atom. The first-order valence-corrected chi connectivity index (χ1v) is 6.93. The zero-order valence-corrected chi connectivity index (χ0v) is 11.2. The molecular formula is C15H21N3. The molecule has 1 atom stereocenters. The monoisotopic (exact) mass is 243 g/mol. The largest absolute Gasteiger partial charge is 0.328 e. The second kappa shape index (κ2) is 4.73. The Hall–Kier alpha value is -1.35. The van der Waals surface area contributed by atoms with E-state index in [9.17, 15) is 0 Å². The molecular weight excluding hydrogens is 222 g/mol. The Labute approximate surface area is 108 Å². The summed E-state index contributed by atoms with van der Waals surface area (Å²) in [4.78, 5) is 4.54. The molecule has 1 aliphatic heterocycles. The molecule has 1 aromatic heterocycles. The molecule has 96 valence electrons. The van der Waals surface area contributed by atoms with E-state index in [1.54, 1.807) is 0 Å². The van der Waals surface area contributed by atoms with Gasteiger partial charge in [-0.15, -0.1) is 0 Å². The first-order valence-electron chi connectivity index (χ1n) is 6.93. The zero-order valence-electron chi connectivity index (χ0n) is 11.2. The van der Waals surface area contributed by atoms with Gasteiger partial charge in [0.25, 0.3) is 0 Å². The third-order valence-corrected chi connectivity index (χ3v) is 3.92. The number of hydrogen-bond acceptors (Lipinski definition) is 2. The van der Waals surface area contributed by atoms with E-state index in [4.69, 9.17) is 0 Å². The summed E-state index contributed by atoms with van der Waals surface area (Å²) in [5, 5.41) is 3.48. The van der Waals surface area contributed by atoms with Gasteiger partial charge in [-0.2, -0.15) is 0 Å². The van der Waals surface area contributed by atoms with Gasteiger partial charge in [-0.25, -0.2) is 4.98 Å². The molecule has 1 fully saturated rings. The summed E-state index contributed by atoms with van der Waals surface area (Å²) in [6.07, 6.45) is 4.53. The van der Waals surface area contributed by atoms with Gasteiger partial charge in [0.05, 0.1) is 17.4 Å². The van der Waals surface area contributed by atoms with Gasteiger partial charge in [0.2, 0.25) is 0 Å². The van der Waals surface area contributed by atoms with E-state index in [0.717, 1.165) is 12.1 Å². The summed E-state index contributed by atoms with van der Waals surface area (Å²) in [5.74, 6) is 0.660. The molecule has 3 rings (SSSR count). The average molecular weight is 243 g/mol. The second-order valence-corrected chi connectivity index (χ2v) is 5.54. The number of hydrogen-bond donors (Lipinski definition) is 1. The van der Waals surface area contributed by atoms with Gasteiger partial charge in [-0.05, 0) is 56.8 Å². The Balaban J connectivity index is 1.96. The molecule has 0 spiro atoms. The molecule has 0 amide bonds. The van der Waals surface area contributed by atoms with E-state index in [0.29, 0.717) is 12.0 Å². The summed E-state index contributed by atoms with van der Waals surface area (Å²) >= 11 is 0. The topological polar surface area (TPSA) is 29.9 Å². The Bertz CT molecular complexity index is 536. The van der Waals surface area contributed by atoms with Crippen molar-refractivity contribution in [3.05, 3.63) is 30.1 Å². The smallest absolute Gasteiger partial charge is 0.0960 e. The molecule has 1 N–H and O–H groups in total. The minimum atomic E-state index is 0.470. The lowest BCUT2D eigenvalue weighted by Crippen LogP contribution is -2.28. The Kier molecular flexibility index (Phi) is 3.08. The van der Waals surface area contributed by atoms with E-state index in [1.807, 2.05) is 6.33 Å². The van der Waals surface area contributed by atoms with Crippen LogP contribution in [0.4, 0.5) is 0 Å². The Morgan fingerprint density at radius 3 is 3.00 bits per heavy atom. The number of fused-ring (bicyclic) bond motifs is 1. The van der Waals surface area contributed by atoms with Crippen LogP contribution >= 0.6 is 0 Å². The van der Waals surface area contributed by atoms with Crippen molar-refractivity contribution in [3.8, 4) is 0 Å². The molecule has 0 saturated carbocycles. The highest BCUT2D eigenvalue weighted by Gasteiger charge is 2.16. The number of piperidine rings is 1. The molecule has 1 unspecified atom stereocenters. The van der Waals surface area contributed by atoms with E-state index in [1.165, 1.54) is 30.5 Å². The van der Waals surface area contributed by atoms with Gasteiger partial charge in [0.1, 0.15) is 0 Å². The van der Waals surface area contributed by atoms with Crippen LogP contribution in [-0.4, -0.2) is 22.6 Å². The standard InChI is InChI=1S/C15H21N3/c1-11(2)18-10-17-14-8-12(5-6-15(14)18)13-4-3-7-16-9-13/h5-6,8,10-11,13,16H,3-4,7,9H2,1-2H3. The molecule has 3 heteroatoms. The SMILES string of the molecule is CC(C)n1cnc2cc(C3CCCNC3)ccc21. The first kappa shape index (κ1) is 11.7. The Morgan fingerprint density at radius 2 is 2.28 bits per heavy atom. The van der Waals surface area contributed by atoms with Gasteiger partial charge >= 0.3 is 0 Å². The van der Waals surface area contributed by atoms with Crippen molar-refractivity contribution in [1.29, 1.82) is 0 Å². The predicted octanol–water partition coefficient (Wildman–Crippen LogP) is 3.08. The van der Waals surface area contributed by atoms with Crippen molar-refractivity contribution in [1.82, 2.24) is 14.9 Å². The summed E-state index contributed by atoms with van der Waals surface area (Å²) in [6, 6.07) is 7.25.